The van der Waals surface area contributed by atoms with Crippen LogP contribution in [0.1, 0.15) is 31.7 Å². The molecule has 2 N–H and O–H groups in total. The minimum absolute atomic E-state index is 0.377. The number of rotatable bonds is 5. The maximum Gasteiger partial charge on any atom is 0.243 e. The van der Waals surface area contributed by atoms with E-state index in [2.05, 4.69) is 6.92 Å². The highest BCUT2D eigenvalue weighted by atomic mass is 32.2. The Kier molecular flexibility index (Phi) is 4.60. The van der Waals surface area contributed by atoms with Gasteiger partial charge in [0.2, 0.25) is 10.0 Å². The molecule has 0 spiro atoms. The second kappa shape index (κ2) is 6.03. The molecule has 106 valence electrons. The third kappa shape index (κ3) is 3.16. The molecule has 1 aliphatic rings. The van der Waals surface area contributed by atoms with Gasteiger partial charge in [0.05, 0.1) is 4.90 Å². The molecule has 0 amide bonds. The van der Waals surface area contributed by atoms with Gasteiger partial charge in [0.25, 0.3) is 0 Å². The van der Waals surface area contributed by atoms with Gasteiger partial charge in [-0.05, 0) is 36.5 Å². The lowest BCUT2D eigenvalue weighted by atomic mass is 10.0. The summed E-state index contributed by atoms with van der Waals surface area (Å²) in [5.74, 6) is 0.517. The van der Waals surface area contributed by atoms with Crippen LogP contribution in [-0.2, 0) is 16.6 Å². The van der Waals surface area contributed by atoms with Crippen LogP contribution < -0.4 is 5.73 Å². The van der Waals surface area contributed by atoms with Gasteiger partial charge in [-0.1, -0.05) is 25.5 Å². The van der Waals surface area contributed by atoms with E-state index in [9.17, 15) is 8.42 Å². The highest BCUT2D eigenvalue weighted by Gasteiger charge is 2.31. The zero-order valence-electron chi connectivity index (χ0n) is 11.4. The van der Waals surface area contributed by atoms with Crippen LogP contribution in [0.2, 0.25) is 0 Å². The zero-order chi connectivity index (χ0) is 13.9. The lowest BCUT2D eigenvalue weighted by molar-refractivity contribution is 0.444. The summed E-state index contributed by atoms with van der Waals surface area (Å²) in [7, 11) is -3.32. The molecule has 19 heavy (non-hydrogen) atoms. The van der Waals surface area contributed by atoms with Crippen LogP contribution in [-0.4, -0.2) is 25.8 Å². The Labute approximate surface area is 115 Å². The van der Waals surface area contributed by atoms with Crippen LogP contribution >= 0.6 is 0 Å². The summed E-state index contributed by atoms with van der Waals surface area (Å²) in [5, 5.41) is 0. The Balaban J connectivity index is 2.13. The Morgan fingerprint density at radius 2 is 2.00 bits per heavy atom. The van der Waals surface area contributed by atoms with E-state index in [1.54, 1.807) is 28.6 Å². The molecule has 1 atom stereocenters. The molecule has 1 saturated heterocycles. The Morgan fingerprint density at radius 3 is 2.58 bits per heavy atom. The van der Waals surface area contributed by atoms with E-state index in [-0.39, 0.29) is 0 Å². The maximum atomic E-state index is 12.5. The molecule has 0 aliphatic carbocycles. The minimum atomic E-state index is -3.32. The van der Waals surface area contributed by atoms with E-state index in [0.717, 1.165) is 24.8 Å². The third-order valence-corrected chi connectivity index (χ3v) is 5.62. The lowest BCUT2D eigenvalue weighted by Gasteiger charge is -2.16. The van der Waals surface area contributed by atoms with Crippen molar-refractivity contribution in [1.29, 1.82) is 0 Å². The van der Waals surface area contributed by atoms with Crippen LogP contribution in [0.15, 0.2) is 29.2 Å². The van der Waals surface area contributed by atoms with Gasteiger partial charge in [-0.3, -0.25) is 0 Å². The van der Waals surface area contributed by atoms with Crippen LogP contribution in [0.4, 0.5) is 0 Å². The maximum absolute atomic E-state index is 12.5. The first kappa shape index (κ1) is 14.5. The molecule has 0 bridgehead atoms. The van der Waals surface area contributed by atoms with Gasteiger partial charge in [-0.15, -0.1) is 0 Å². The van der Waals surface area contributed by atoms with Crippen molar-refractivity contribution in [2.45, 2.75) is 37.6 Å². The lowest BCUT2D eigenvalue weighted by Crippen LogP contribution is -2.28. The summed E-state index contributed by atoms with van der Waals surface area (Å²) in [6.45, 7) is 3.88. The van der Waals surface area contributed by atoms with Gasteiger partial charge in [0.15, 0.2) is 0 Å². The highest BCUT2D eigenvalue weighted by molar-refractivity contribution is 7.89. The Bertz CT molecular complexity index is 511. The van der Waals surface area contributed by atoms with Crippen LogP contribution in [0.5, 0.6) is 0 Å². The van der Waals surface area contributed by atoms with Crippen LogP contribution in [0, 0.1) is 5.92 Å². The van der Waals surface area contributed by atoms with E-state index in [1.165, 1.54) is 0 Å². The first-order chi connectivity index (χ1) is 9.07. The monoisotopic (exact) mass is 282 g/mol. The molecule has 2 rings (SSSR count). The molecule has 4 nitrogen and oxygen atoms in total. The summed E-state index contributed by atoms with van der Waals surface area (Å²) >= 11 is 0. The van der Waals surface area contributed by atoms with Gasteiger partial charge < -0.3 is 5.73 Å². The van der Waals surface area contributed by atoms with Gasteiger partial charge in [-0.25, -0.2) is 8.42 Å². The number of hydrogen-bond acceptors (Lipinski definition) is 3. The zero-order valence-corrected chi connectivity index (χ0v) is 12.2. The fraction of sp³-hybridized carbons (Fsp3) is 0.571. The Hall–Kier alpha value is -0.910. The van der Waals surface area contributed by atoms with Crippen molar-refractivity contribution in [3.63, 3.8) is 0 Å². The number of benzene rings is 1. The molecule has 1 aliphatic heterocycles. The number of sulfonamides is 1. The SMILES string of the molecule is CCCC1CCN(S(=O)(=O)c2ccc(CN)cc2)C1. The normalized spacial score (nSPS) is 20.8. The molecule has 1 heterocycles. The first-order valence-corrected chi connectivity index (χ1v) is 8.31. The molecule has 0 saturated carbocycles. The summed E-state index contributed by atoms with van der Waals surface area (Å²) in [4.78, 5) is 0.377. The van der Waals surface area contributed by atoms with Crippen molar-refractivity contribution in [3.8, 4) is 0 Å². The van der Waals surface area contributed by atoms with Gasteiger partial charge in [0.1, 0.15) is 0 Å². The summed E-state index contributed by atoms with van der Waals surface area (Å²) < 4.78 is 26.6. The smallest absolute Gasteiger partial charge is 0.243 e. The number of nitrogens with zero attached hydrogens (tertiary/aromatic N) is 1. The molecule has 0 radical (unpaired) electrons. The van der Waals surface area contributed by atoms with Crippen molar-refractivity contribution in [2.24, 2.45) is 11.7 Å². The molecule has 5 heteroatoms. The largest absolute Gasteiger partial charge is 0.326 e. The molecule has 1 fully saturated rings. The first-order valence-electron chi connectivity index (χ1n) is 6.87. The van der Waals surface area contributed by atoms with Crippen LogP contribution in [0.25, 0.3) is 0 Å². The van der Waals surface area contributed by atoms with E-state index in [1.807, 2.05) is 0 Å². The highest BCUT2D eigenvalue weighted by Crippen LogP contribution is 2.26. The minimum Gasteiger partial charge on any atom is -0.326 e. The predicted molar refractivity (Wildman–Crippen MR) is 76.1 cm³/mol. The second-order valence-corrected chi connectivity index (χ2v) is 7.09. The van der Waals surface area contributed by atoms with Gasteiger partial charge >= 0.3 is 0 Å². The molecular weight excluding hydrogens is 260 g/mol. The second-order valence-electron chi connectivity index (χ2n) is 5.15. The van der Waals surface area contributed by atoms with E-state index >= 15 is 0 Å². The van der Waals surface area contributed by atoms with Crippen LogP contribution in [0.3, 0.4) is 0 Å². The summed E-state index contributed by atoms with van der Waals surface area (Å²) in [6, 6.07) is 6.88. The number of nitrogens with two attached hydrogens (primary N) is 1. The molecule has 1 unspecified atom stereocenters. The van der Waals surface area contributed by atoms with Gasteiger partial charge in [-0.2, -0.15) is 4.31 Å². The average molecular weight is 282 g/mol. The van der Waals surface area contributed by atoms with Gasteiger partial charge in [0, 0.05) is 19.6 Å². The van der Waals surface area contributed by atoms with Crippen molar-refractivity contribution < 1.29 is 8.42 Å². The fourth-order valence-electron chi connectivity index (χ4n) is 2.61. The van der Waals surface area contributed by atoms with E-state index in [0.29, 0.717) is 30.4 Å². The molecular formula is C14H22N2O2S. The molecule has 1 aromatic carbocycles. The average Bonchev–Trinajstić information content (AvgIpc) is 2.89. The van der Waals surface area contributed by atoms with Crippen molar-refractivity contribution in [1.82, 2.24) is 4.31 Å². The molecule has 1 aromatic rings. The third-order valence-electron chi connectivity index (χ3n) is 3.74. The predicted octanol–water partition coefficient (Wildman–Crippen LogP) is 1.96. The molecule has 0 aromatic heterocycles. The summed E-state index contributed by atoms with van der Waals surface area (Å²) in [5.41, 5.74) is 6.47. The Morgan fingerprint density at radius 1 is 1.32 bits per heavy atom. The van der Waals surface area contributed by atoms with E-state index in [4.69, 9.17) is 5.73 Å². The quantitative estimate of drug-likeness (QED) is 0.898. The fourth-order valence-corrected chi connectivity index (χ4v) is 4.14. The van der Waals surface area contributed by atoms with Crippen molar-refractivity contribution in [2.75, 3.05) is 13.1 Å². The van der Waals surface area contributed by atoms with Crippen molar-refractivity contribution >= 4 is 10.0 Å². The summed E-state index contributed by atoms with van der Waals surface area (Å²) in [6.07, 6.45) is 3.20. The number of hydrogen-bond donors (Lipinski definition) is 1. The van der Waals surface area contributed by atoms with Crippen molar-refractivity contribution in [3.05, 3.63) is 29.8 Å². The topological polar surface area (TPSA) is 63.4 Å². The standard InChI is InChI=1S/C14H22N2O2S/c1-2-3-13-8-9-16(11-13)19(17,18)14-6-4-12(10-15)5-7-14/h4-7,13H,2-3,8-11,15H2,1H3. The van der Waals surface area contributed by atoms with E-state index < -0.39 is 10.0 Å².